The summed E-state index contributed by atoms with van der Waals surface area (Å²) >= 11 is 12.7. The predicted octanol–water partition coefficient (Wildman–Crippen LogP) is 2.51. The molecule has 6 nitrogen and oxygen atoms in total. The number of thiazole rings is 1. The van der Waals surface area contributed by atoms with Crippen LogP contribution in [-0.2, 0) is 0 Å². The van der Waals surface area contributed by atoms with Gasteiger partial charge in [-0.1, -0.05) is 11.6 Å². The van der Waals surface area contributed by atoms with Crippen molar-refractivity contribution in [3.63, 3.8) is 0 Å². The summed E-state index contributed by atoms with van der Waals surface area (Å²) < 4.78 is 0. The minimum absolute atomic E-state index is 0.0441. The molecule has 0 aliphatic heterocycles. The summed E-state index contributed by atoms with van der Waals surface area (Å²) in [7, 11) is 0. The molecule has 0 spiro atoms. The molecule has 1 amide bonds. The highest BCUT2D eigenvalue weighted by Crippen LogP contribution is 2.18. The Morgan fingerprint density at radius 1 is 1.42 bits per heavy atom. The second-order valence-corrected chi connectivity index (χ2v) is 5.27. The van der Waals surface area contributed by atoms with Crippen LogP contribution >= 0.6 is 34.5 Å². The summed E-state index contributed by atoms with van der Waals surface area (Å²) in [4.78, 5) is 23.6. The van der Waals surface area contributed by atoms with E-state index in [1.165, 1.54) is 17.4 Å². The van der Waals surface area contributed by atoms with Crippen molar-refractivity contribution < 1.29 is 4.79 Å². The van der Waals surface area contributed by atoms with Crippen LogP contribution < -0.4 is 11.1 Å². The number of hydrogen-bond acceptors (Lipinski definition) is 6. The zero-order valence-electron chi connectivity index (χ0n) is 9.72. The van der Waals surface area contributed by atoms with Gasteiger partial charge in [0.25, 0.3) is 5.91 Å². The summed E-state index contributed by atoms with van der Waals surface area (Å²) in [6.45, 7) is 1.80. The lowest BCUT2D eigenvalue weighted by molar-refractivity contribution is 0.102. The zero-order chi connectivity index (χ0) is 14.0. The van der Waals surface area contributed by atoms with E-state index < -0.39 is 5.91 Å². The molecule has 0 aliphatic carbocycles. The van der Waals surface area contributed by atoms with Crippen molar-refractivity contribution in [2.45, 2.75) is 13.0 Å². The number of carbonyl (C=O) groups is 1. The number of halogens is 2. The number of rotatable bonds is 3. The molecule has 1 atom stereocenters. The first-order valence-electron chi connectivity index (χ1n) is 5.18. The van der Waals surface area contributed by atoms with E-state index >= 15 is 0 Å². The van der Waals surface area contributed by atoms with Gasteiger partial charge in [-0.25, -0.2) is 15.0 Å². The van der Waals surface area contributed by atoms with Crippen molar-refractivity contribution >= 4 is 46.3 Å². The maximum Gasteiger partial charge on any atom is 0.276 e. The average Bonchev–Trinajstić information content (AvgIpc) is 2.76. The lowest BCUT2D eigenvalue weighted by Gasteiger charge is -2.03. The summed E-state index contributed by atoms with van der Waals surface area (Å²) in [5.41, 5.74) is 5.95. The zero-order valence-corrected chi connectivity index (χ0v) is 12.1. The third-order valence-electron chi connectivity index (χ3n) is 2.05. The molecule has 0 saturated heterocycles. The molecule has 2 aromatic heterocycles. The number of anilines is 1. The molecule has 3 N–H and O–H groups in total. The van der Waals surface area contributed by atoms with Gasteiger partial charge < -0.3 is 11.1 Å². The van der Waals surface area contributed by atoms with Crippen LogP contribution in [0.1, 0.15) is 28.5 Å². The van der Waals surface area contributed by atoms with Gasteiger partial charge in [0, 0.05) is 11.4 Å². The second kappa shape index (κ2) is 5.79. The predicted molar refractivity (Wildman–Crippen MR) is 74.7 cm³/mol. The minimum Gasteiger partial charge on any atom is -0.322 e. The number of nitrogens with zero attached hydrogens (tertiary/aromatic N) is 3. The molecule has 2 aromatic rings. The highest BCUT2D eigenvalue weighted by atomic mass is 35.5. The fourth-order valence-corrected chi connectivity index (χ4v) is 2.40. The first-order chi connectivity index (χ1) is 8.95. The number of aromatic nitrogens is 3. The lowest BCUT2D eigenvalue weighted by atomic mass is 10.4. The standard InChI is InChI=1S/C10H9Cl2N5OS/c1-4(13)9-14-5(3-19-9)8(18)16-7-2-6(11)15-10(12)17-7/h2-4H,13H2,1H3,(H,15,16,17,18). The van der Waals surface area contributed by atoms with Gasteiger partial charge in [0.05, 0.1) is 6.04 Å². The molecule has 0 aromatic carbocycles. The van der Waals surface area contributed by atoms with Crippen LogP contribution in [0, 0.1) is 0 Å². The maximum absolute atomic E-state index is 11.9. The van der Waals surface area contributed by atoms with Crippen molar-refractivity contribution in [2.24, 2.45) is 5.73 Å². The summed E-state index contributed by atoms with van der Waals surface area (Å²) in [5, 5.41) is 4.94. The van der Waals surface area contributed by atoms with Gasteiger partial charge in [0.1, 0.15) is 21.7 Å². The quantitative estimate of drug-likeness (QED) is 0.670. The second-order valence-electron chi connectivity index (χ2n) is 3.66. The topological polar surface area (TPSA) is 93.8 Å². The van der Waals surface area contributed by atoms with Crippen LogP contribution in [0.5, 0.6) is 0 Å². The van der Waals surface area contributed by atoms with Crippen LogP contribution in [0.2, 0.25) is 10.4 Å². The number of nitrogens with one attached hydrogen (secondary N) is 1. The van der Waals surface area contributed by atoms with Crippen molar-refractivity contribution in [3.05, 3.63) is 32.6 Å². The van der Waals surface area contributed by atoms with Crippen LogP contribution in [0.25, 0.3) is 0 Å². The van der Waals surface area contributed by atoms with Gasteiger partial charge in [-0.15, -0.1) is 11.3 Å². The first kappa shape index (κ1) is 14.1. The molecular weight excluding hydrogens is 309 g/mol. The van der Waals surface area contributed by atoms with Gasteiger partial charge in [0.2, 0.25) is 5.28 Å². The van der Waals surface area contributed by atoms with Crippen molar-refractivity contribution in [3.8, 4) is 0 Å². The van der Waals surface area contributed by atoms with Crippen LogP contribution in [0.4, 0.5) is 5.82 Å². The van der Waals surface area contributed by atoms with Crippen molar-refractivity contribution in [2.75, 3.05) is 5.32 Å². The van der Waals surface area contributed by atoms with E-state index in [0.29, 0.717) is 5.01 Å². The minimum atomic E-state index is -0.408. The molecule has 100 valence electrons. The van der Waals surface area contributed by atoms with Gasteiger partial charge in [-0.05, 0) is 18.5 Å². The highest BCUT2D eigenvalue weighted by molar-refractivity contribution is 7.09. The number of carbonyl (C=O) groups excluding carboxylic acids is 1. The monoisotopic (exact) mass is 317 g/mol. The maximum atomic E-state index is 11.9. The number of nitrogens with two attached hydrogens (primary N) is 1. The Kier molecular flexibility index (Phi) is 4.31. The molecule has 19 heavy (non-hydrogen) atoms. The van der Waals surface area contributed by atoms with E-state index in [-0.39, 0.29) is 28.0 Å². The van der Waals surface area contributed by atoms with E-state index in [1.807, 2.05) is 0 Å². The van der Waals surface area contributed by atoms with E-state index in [9.17, 15) is 4.79 Å². The lowest BCUT2D eigenvalue weighted by Crippen LogP contribution is -2.14. The third-order valence-corrected chi connectivity index (χ3v) is 3.46. The van der Waals surface area contributed by atoms with Gasteiger partial charge in [-0.2, -0.15) is 0 Å². The van der Waals surface area contributed by atoms with E-state index in [4.69, 9.17) is 28.9 Å². The summed E-state index contributed by atoms with van der Waals surface area (Å²) in [6, 6.07) is 1.18. The summed E-state index contributed by atoms with van der Waals surface area (Å²) in [5.74, 6) is -0.195. The van der Waals surface area contributed by atoms with Gasteiger partial charge in [-0.3, -0.25) is 4.79 Å². The fourth-order valence-electron chi connectivity index (χ4n) is 1.24. The Bertz CT molecular complexity index is 595. The Labute approximate surface area is 123 Å². The van der Waals surface area contributed by atoms with Crippen LogP contribution in [-0.4, -0.2) is 20.9 Å². The first-order valence-corrected chi connectivity index (χ1v) is 6.81. The normalized spacial score (nSPS) is 12.2. The number of amides is 1. The summed E-state index contributed by atoms with van der Waals surface area (Å²) in [6.07, 6.45) is 0. The molecule has 0 saturated carbocycles. The van der Waals surface area contributed by atoms with Gasteiger partial charge >= 0.3 is 0 Å². The SMILES string of the molecule is CC(N)c1nc(C(=O)Nc2cc(Cl)nc(Cl)n2)cs1. The number of hydrogen-bond donors (Lipinski definition) is 2. The third kappa shape index (κ3) is 3.60. The van der Waals surface area contributed by atoms with E-state index in [0.717, 1.165) is 0 Å². The Hall–Kier alpha value is -1.28. The molecule has 9 heteroatoms. The van der Waals surface area contributed by atoms with Crippen molar-refractivity contribution in [1.82, 2.24) is 15.0 Å². The average molecular weight is 318 g/mol. The molecule has 2 heterocycles. The molecule has 0 fully saturated rings. The molecule has 1 unspecified atom stereocenters. The van der Waals surface area contributed by atoms with Crippen molar-refractivity contribution in [1.29, 1.82) is 0 Å². The molecule has 0 radical (unpaired) electrons. The van der Waals surface area contributed by atoms with Gasteiger partial charge in [0.15, 0.2) is 0 Å². The Morgan fingerprint density at radius 3 is 2.74 bits per heavy atom. The Balaban J connectivity index is 2.15. The molecule has 0 bridgehead atoms. The molecular formula is C10H9Cl2N5OS. The fraction of sp³-hybridized carbons (Fsp3) is 0.200. The van der Waals surface area contributed by atoms with E-state index in [2.05, 4.69) is 20.3 Å². The smallest absolute Gasteiger partial charge is 0.276 e. The molecule has 2 rings (SSSR count). The van der Waals surface area contributed by atoms with Crippen LogP contribution in [0.15, 0.2) is 11.4 Å². The molecule has 0 aliphatic rings. The van der Waals surface area contributed by atoms with E-state index in [1.54, 1.807) is 12.3 Å². The largest absolute Gasteiger partial charge is 0.322 e. The Morgan fingerprint density at radius 2 is 2.16 bits per heavy atom. The van der Waals surface area contributed by atoms with Crippen LogP contribution in [0.3, 0.4) is 0 Å². The highest BCUT2D eigenvalue weighted by Gasteiger charge is 2.14.